The fourth-order valence-corrected chi connectivity index (χ4v) is 7.47. The minimum atomic E-state index is -4.50. The second-order valence-electron chi connectivity index (χ2n) is 13.7. The van der Waals surface area contributed by atoms with E-state index in [4.69, 9.17) is 28.9 Å². The van der Waals surface area contributed by atoms with Gasteiger partial charge in [-0.1, -0.05) is 37.0 Å². The number of hydrogen-bond donors (Lipinski definition) is 1. The third kappa shape index (κ3) is 11.5. The number of pyridine rings is 2. The van der Waals surface area contributed by atoms with Crippen LogP contribution in [0.15, 0.2) is 88.9 Å². The Hall–Kier alpha value is -5.05. The summed E-state index contributed by atoms with van der Waals surface area (Å²) in [6.45, 7) is 10.4. The molecule has 0 atom stereocenters. The number of benzene rings is 2. The zero-order valence-corrected chi connectivity index (χ0v) is 36.2. The molecule has 4 aromatic rings. The van der Waals surface area contributed by atoms with Crippen molar-refractivity contribution >= 4 is 87.9 Å². The van der Waals surface area contributed by atoms with Gasteiger partial charge in [0.25, 0.3) is 17.7 Å². The van der Waals surface area contributed by atoms with Crippen LogP contribution in [0.2, 0.25) is 10.2 Å². The van der Waals surface area contributed by atoms with Crippen LogP contribution in [0.1, 0.15) is 63.2 Å². The summed E-state index contributed by atoms with van der Waals surface area (Å²) in [7, 11) is 0. The van der Waals surface area contributed by atoms with Crippen molar-refractivity contribution in [1.29, 1.82) is 0 Å². The highest BCUT2D eigenvalue weighted by atomic mass is 35.5. The van der Waals surface area contributed by atoms with Gasteiger partial charge < -0.3 is 15.5 Å². The quantitative estimate of drug-likeness (QED) is 0.0749. The molecule has 0 unspecified atom stereocenters. The van der Waals surface area contributed by atoms with E-state index in [1.807, 2.05) is 13.8 Å². The average molecular weight is 933 g/mol. The van der Waals surface area contributed by atoms with Gasteiger partial charge in [0.2, 0.25) is 0 Å². The number of thioether (sulfide) groups is 2. The lowest BCUT2D eigenvalue weighted by molar-refractivity contribution is -0.124. The molecule has 0 bridgehead atoms. The fourth-order valence-electron chi connectivity index (χ4n) is 5.90. The Balaban J connectivity index is 0.000000258. The van der Waals surface area contributed by atoms with Crippen molar-refractivity contribution in [3.05, 3.63) is 106 Å². The number of aromatic nitrogens is 2. The number of halogens is 8. The molecule has 7 amide bonds. The number of amides is 7. The lowest BCUT2D eigenvalue weighted by atomic mass is 10.0. The topological polar surface area (TPSA) is 150 Å². The summed E-state index contributed by atoms with van der Waals surface area (Å²) < 4.78 is 75.3. The van der Waals surface area contributed by atoms with Crippen LogP contribution < -0.4 is 15.5 Å². The van der Waals surface area contributed by atoms with Gasteiger partial charge in [-0.3, -0.25) is 19.4 Å². The third-order valence-corrected chi connectivity index (χ3v) is 11.1. The minimum Gasteiger partial charge on any atom is -0.364 e. The number of primary amides is 1. The lowest BCUT2D eigenvalue weighted by Gasteiger charge is -2.27. The summed E-state index contributed by atoms with van der Waals surface area (Å²) in [5, 5.41) is 0.0438. The van der Waals surface area contributed by atoms with Crippen molar-refractivity contribution in [2.75, 3.05) is 9.80 Å². The van der Waals surface area contributed by atoms with Crippen LogP contribution in [0.4, 0.5) is 47.3 Å². The summed E-state index contributed by atoms with van der Waals surface area (Å²) in [6, 6.07) is 13.6. The van der Waals surface area contributed by atoms with Gasteiger partial charge in [-0.15, -0.1) is 0 Å². The van der Waals surface area contributed by atoms with Crippen molar-refractivity contribution in [2.24, 2.45) is 5.73 Å². The highest BCUT2D eigenvalue weighted by Gasteiger charge is 2.53. The van der Waals surface area contributed by atoms with E-state index in [2.05, 4.69) is 9.97 Å². The Morgan fingerprint density at radius 1 is 0.672 bits per heavy atom. The third-order valence-electron chi connectivity index (χ3n) is 8.92. The molecule has 12 nitrogen and oxygen atoms in total. The number of nitrogens with zero attached hydrogens (tertiary/aromatic N) is 6. The van der Waals surface area contributed by atoms with E-state index >= 15 is 0 Å². The standard InChI is InChI=1S/C19H17F3N4O3S.C18H14Cl2F3N3O2S.C2H6/c1-18(2)16(28)26(12-3-5-13(6-4-12)30-19(20,21)22)17(29)25(18)10-11-7-8-24-14(9-11)15(23)27;1-17(2)15(27)26(11-3-4-13(12(19)8-11)29-18(21,22)23)16(28)25(17)9-10-5-6-24-14(20)7-10;1-2/h3-9H,10H2,1-2H3,(H2,23,27);3-8H,9H2,1-2H3;1-2H3. The molecule has 2 aromatic carbocycles. The molecule has 0 radical (unpaired) electrons. The molecule has 61 heavy (non-hydrogen) atoms. The van der Waals surface area contributed by atoms with Crippen LogP contribution in [0, 0.1) is 0 Å². The SMILES string of the molecule is CC.CC1(C)C(=O)N(c2ccc(SC(F)(F)F)c(Cl)c2)C(=O)N1Cc1ccnc(Cl)c1.CC1(C)C(=O)N(c2ccc(SC(F)(F)F)cc2)C(=O)N1Cc1ccnc(C(N)=O)c1. The Bertz CT molecular complexity index is 2320. The molecular formula is C39H37Cl2F6N7O5S2. The number of carbonyl (C=O) groups excluding carboxylic acids is 5. The van der Waals surface area contributed by atoms with Crippen molar-refractivity contribution in [3.8, 4) is 0 Å². The van der Waals surface area contributed by atoms with Gasteiger partial charge in [-0.05, 0) is 129 Å². The molecule has 6 rings (SSSR count). The first-order valence-corrected chi connectivity index (χ1v) is 20.3. The molecule has 2 aromatic heterocycles. The second kappa shape index (κ2) is 18.9. The maximum atomic E-state index is 13.0. The number of nitrogens with two attached hydrogens (primary N) is 1. The smallest absolute Gasteiger partial charge is 0.364 e. The first-order chi connectivity index (χ1) is 28.3. The number of imide groups is 2. The van der Waals surface area contributed by atoms with E-state index in [0.717, 1.165) is 15.9 Å². The van der Waals surface area contributed by atoms with Gasteiger partial charge in [-0.2, -0.15) is 26.3 Å². The molecule has 0 aliphatic carbocycles. The first-order valence-electron chi connectivity index (χ1n) is 17.9. The Morgan fingerprint density at radius 3 is 1.59 bits per heavy atom. The van der Waals surface area contributed by atoms with E-state index in [0.29, 0.717) is 11.1 Å². The van der Waals surface area contributed by atoms with Crippen molar-refractivity contribution in [2.45, 2.75) is 86.5 Å². The van der Waals surface area contributed by atoms with Gasteiger partial charge in [0, 0.05) is 35.3 Å². The van der Waals surface area contributed by atoms with Gasteiger partial charge in [0.05, 0.1) is 16.4 Å². The summed E-state index contributed by atoms with van der Waals surface area (Å²) in [5.74, 6) is -1.76. The van der Waals surface area contributed by atoms with Crippen molar-refractivity contribution in [1.82, 2.24) is 19.8 Å². The number of alkyl halides is 6. The molecule has 2 aliphatic heterocycles. The summed E-state index contributed by atoms with van der Waals surface area (Å²) >= 11 is 11.2. The summed E-state index contributed by atoms with van der Waals surface area (Å²) in [4.78, 5) is 75.1. The molecule has 0 saturated carbocycles. The average Bonchev–Trinajstić information content (AvgIpc) is 3.44. The van der Waals surface area contributed by atoms with Crippen LogP contribution in [0.3, 0.4) is 0 Å². The molecule has 2 aliphatic rings. The molecule has 326 valence electrons. The first kappa shape index (κ1) is 48.6. The maximum Gasteiger partial charge on any atom is 0.446 e. The maximum absolute atomic E-state index is 13.0. The van der Waals surface area contributed by atoms with E-state index in [1.54, 1.807) is 45.9 Å². The van der Waals surface area contributed by atoms with Gasteiger partial charge in [0.15, 0.2) is 0 Å². The zero-order valence-electron chi connectivity index (χ0n) is 33.1. The van der Waals surface area contributed by atoms with Gasteiger partial charge in [-0.25, -0.2) is 24.4 Å². The highest BCUT2D eigenvalue weighted by Crippen LogP contribution is 2.43. The van der Waals surface area contributed by atoms with Crippen LogP contribution in [0.25, 0.3) is 0 Å². The summed E-state index contributed by atoms with van der Waals surface area (Å²) in [6.07, 6.45) is 2.86. The Labute approximate surface area is 364 Å². The molecule has 2 saturated heterocycles. The normalized spacial score (nSPS) is 16.0. The molecule has 0 spiro atoms. The van der Waals surface area contributed by atoms with E-state index in [9.17, 15) is 50.3 Å². The van der Waals surface area contributed by atoms with E-state index < -0.39 is 51.9 Å². The molecule has 22 heteroatoms. The van der Waals surface area contributed by atoms with Crippen molar-refractivity contribution < 1.29 is 50.3 Å². The van der Waals surface area contributed by atoms with Crippen LogP contribution in [-0.4, -0.2) is 71.6 Å². The van der Waals surface area contributed by atoms with E-state index in [1.165, 1.54) is 64.7 Å². The van der Waals surface area contributed by atoms with Gasteiger partial charge in [0.1, 0.15) is 21.9 Å². The van der Waals surface area contributed by atoms with Crippen LogP contribution in [-0.2, 0) is 22.7 Å². The monoisotopic (exact) mass is 931 g/mol. The zero-order chi connectivity index (χ0) is 45.8. The molecular weight excluding hydrogens is 896 g/mol. The minimum absolute atomic E-state index is 0.0128. The molecule has 4 heterocycles. The molecule has 2 fully saturated rings. The Kier molecular flexibility index (Phi) is 15.1. The predicted octanol–water partition coefficient (Wildman–Crippen LogP) is 10.3. The highest BCUT2D eigenvalue weighted by molar-refractivity contribution is 8.00. The van der Waals surface area contributed by atoms with Gasteiger partial charge >= 0.3 is 23.1 Å². The number of hydrogen-bond acceptors (Lipinski definition) is 9. The predicted molar refractivity (Wildman–Crippen MR) is 220 cm³/mol. The number of urea groups is 2. The van der Waals surface area contributed by atoms with Crippen LogP contribution >= 0.6 is 46.7 Å². The number of carbonyl (C=O) groups is 5. The lowest BCUT2D eigenvalue weighted by Crippen LogP contribution is -2.43. The fraction of sp³-hybridized carbons (Fsp3) is 0.308. The number of rotatable bonds is 9. The number of anilines is 2. The largest absolute Gasteiger partial charge is 0.446 e. The second-order valence-corrected chi connectivity index (χ2v) is 16.8. The van der Waals surface area contributed by atoms with Crippen LogP contribution in [0.5, 0.6) is 0 Å². The van der Waals surface area contributed by atoms with Crippen molar-refractivity contribution in [3.63, 3.8) is 0 Å². The Morgan fingerprint density at radius 2 is 1.13 bits per heavy atom. The molecule has 2 N–H and O–H groups in total. The summed E-state index contributed by atoms with van der Waals surface area (Å²) in [5.41, 5.74) is -4.60. The van der Waals surface area contributed by atoms with E-state index in [-0.39, 0.29) is 73.6 Å².